The van der Waals surface area contributed by atoms with Crippen molar-refractivity contribution in [3.63, 3.8) is 0 Å². The number of hydrogen-bond acceptors (Lipinski definition) is 14. The molecule has 0 fully saturated rings. The fourth-order valence-electron chi connectivity index (χ4n) is 9.59. The predicted octanol–water partition coefficient (Wildman–Crippen LogP) is 7.55. The minimum absolute atomic E-state index is 0. The number of aliphatic hydroxyl groups excluding tert-OH is 2. The Labute approximate surface area is 524 Å². The third-order valence-corrected chi connectivity index (χ3v) is 15.0. The van der Waals surface area contributed by atoms with E-state index in [-0.39, 0.29) is 86.3 Å². The van der Waals surface area contributed by atoms with Gasteiger partial charge in [-0.15, -0.1) is 0 Å². The zero-order valence-electron chi connectivity index (χ0n) is 54.7. The van der Waals surface area contributed by atoms with Crippen molar-refractivity contribution in [2.24, 2.45) is 0 Å². The van der Waals surface area contributed by atoms with E-state index in [0.29, 0.717) is 86.8 Å². The molecular weight excluding hydrogens is 1120 g/mol. The fraction of sp³-hybridized carbons (Fsp3) is 0.909. The molecule has 0 heterocycles. The topological polar surface area (TPSA) is 198 Å². The minimum Gasteiger partial charge on any atom is -1.00 e. The number of ether oxygens (including phenoxy) is 6. The van der Waals surface area contributed by atoms with E-state index in [1.807, 2.05) is 42.3 Å². The number of carbonyl (C=O) groups is 6. The molecule has 0 saturated carbocycles. The number of nitrogens with zero attached hydrogens (tertiary/aromatic N) is 2. The van der Waals surface area contributed by atoms with Crippen LogP contribution in [0.15, 0.2) is 0 Å². The summed E-state index contributed by atoms with van der Waals surface area (Å²) in [5.74, 6) is -1.52. The third-order valence-electron chi connectivity index (χ3n) is 15.0. The van der Waals surface area contributed by atoms with Crippen molar-refractivity contribution in [1.82, 2.24) is 0 Å². The van der Waals surface area contributed by atoms with Gasteiger partial charge in [0.15, 0.2) is 0 Å². The Morgan fingerprint density at radius 1 is 0.298 bits per heavy atom. The summed E-state index contributed by atoms with van der Waals surface area (Å²) in [6.45, 7) is 7.40. The van der Waals surface area contributed by atoms with Crippen LogP contribution in [0.25, 0.3) is 0 Å². The molecule has 2 N–H and O–H groups in total. The first kappa shape index (κ1) is 85.4. The van der Waals surface area contributed by atoms with Crippen LogP contribution in [0.4, 0.5) is 0 Å². The van der Waals surface area contributed by atoms with E-state index in [1.165, 1.54) is 0 Å². The van der Waals surface area contributed by atoms with Gasteiger partial charge < -0.3 is 72.4 Å². The standard InChI is InChI=1S/C66H126N2O14.2ClH/c1-9-11-31-43-59(81-65(75)49-39-47-63(73)79-55-51-67(3,4)5)57(69)41-33-25-19-13-15-21-27-35-45-61(71)77-53-37-29-23-17-18-24-30-38-54-78-62(72)46-36-28-22-16-14-20-26-34-42-58(70)60(44-32-12-10-2)82-66(76)50-40-48-64(74)80-56-52-68(6,7)8;;/h57-60,69-70H,9-56H2,1-8H3;2*1H/q+2;;/p-2. The van der Waals surface area contributed by atoms with Crippen LogP contribution >= 0.6 is 0 Å². The number of hydrogen-bond donors (Lipinski definition) is 2. The van der Waals surface area contributed by atoms with Crippen molar-refractivity contribution in [1.29, 1.82) is 0 Å². The maximum Gasteiger partial charge on any atom is 0.306 e. The predicted molar refractivity (Wildman–Crippen MR) is 327 cm³/mol. The molecule has 0 bridgehead atoms. The summed E-state index contributed by atoms with van der Waals surface area (Å²) in [5.41, 5.74) is 0. The molecule has 4 atom stereocenters. The van der Waals surface area contributed by atoms with E-state index in [1.54, 1.807) is 0 Å². The van der Waals surface area contributed by atoms with E-state index in [0.717, 1.165) is 206 Å². The fourth-order valence-corrected chi connectivity index (χ4v) is 9.59. The number of rotatable bonds is 59. The van der Waals surface area contributed by atoms with Gasteiger partial charge in [-0.1, -0.05) is 168 Å². The van der Waals surface area contributed by atoms with Gasteiger partial charge in [-0.2, -0.15) is 0 Å². The second kappa shape index (κ2) is 58.0. The van der Waals surface area contributed by atoms with E-state index >= 15 is 0 Å². The van der Waals surface area contributed by atoms with Crippen LogP contribution in [0.1, 0.15) is 284 Å². The monoisotopic (exact) mass is 1240 g/mol. The Balaban J connectivity index is -0.0000328. The molecule has 0 aromatic carbocycles. The number of halogens is 2. The van der Waals surface area contributed by atoms with Crippen molar-refractivity contribution in [2.45, 2.75) is 308 Å². The molecule has 0 aliphatic heterocycles. The van der Waals surface area contributed by atoms with Crippen LogP contribution in [0.3, 0.4) is 0 Å². The summed E-state index contributed by atoms with van der Waals surface area (Å²) in [4.78, 5) is 73.7. The number of carbonyl (C=O) groups excluding carboxylic acids is 6. The molecule has 84 heavy (non-hydrogen) atoms. The van der Waals surface area contributed by atoms with Crippen molar-refractivity contribution in [2.75, 3.05) is 81.8 Å². The van der Waals surface area contributed by atoms with Crippen LogP contribution < -0.4 is 24.8 Å². The molecule has 498 valence electrons. The van der Waals surface area contributed by atoms with E-state index in [9.17, 15) is 39.0 Å². The lowest BCUT2D eigenvalue weighted by Crippen LogP contribution is -3.00. The zero-order valence-corrected chi connectivity index (χ0v) is 56.2. The van der Waals surface area contributed by atoms with E-state index in [4.69, 9.17) is 28.4 Å². The molecular formula is C66H126Cl2N2O14. The first-order valence-electron chi connectivity index (χ1n) is 33.2. The van der Waals surface area contributed by atoms with Crippen LogP contribution in [0.5, 0.6) is 0 Å². The Bertz CT molecular complexity index is 1480. The van der Waals surface area contributed by atoms with Crippen molar-refractivity contribution in [3.8, 4) is 0 Å². The molecule has 0 aliphatic rings. The van der Waals surface area contributed by atoms with Crippen LogP contribution in [0, 0.1) is 0 Å². The summed E-state index contributed by atoms with van der Waals surface area (Å²) in [5, 5.41) is 21.8. The van der Waals surface area contributed by atoms with Crippen LogP contribution in [-0.2, 0) is 57.2 Å². The summed E-state index contributed by atoms with van der Waals surface area (Å²) in [6, 6.07) is 0. The highest BCUT2D eigenvalue weighted by Crippen LogP contribution is 2.21. The average molecular weight is 1240 g/mol. The lowest BCUT2D eigenvalue weighted by Gasteiger charge is -2.23. The normalized spacial score (nSPS) is 12.9. The highest BCUT2D eigenvalue weighted by molar-refractivity contribution is 5.73. The molecule has 0 amide bonds. The maximum atomic E-state index is 12.6. The summed E-state index contributed by atoms with van der Waals surface area (Å²) in [6.07, 6.45) is 33.3. The molecule has 0 saturated heterocycles. The van der Waals surface area contributed by atoms with Gasteiger partial charge in [0.2, 0.25) is 0 Å². The summed E-state index contributed by atoms with van der Waals surface area (Å²) in [7, 11) is 12.2. The molecule has 4 unspecified atom stereocenters. The Morgan fingerprint density at radius 3 is 0.833 bits per heavy atom. The second-order valence-electron chi connectivity index (χ2n) is 25.4. The number of aliphatic hydroxyl groups is 2. The van der Waals surface area contributed by atoms with Gasteiger partial charge >= 0.3 is 35.8 Å². The molecule has 0 aliphatic carbocycles. The maximum absolute atomic E-state index is 12.6. The quantitative estimate of drug-likeness (QED) is 0.0262. The van der Waals surface area contributed by atoms with Crippen molar-refractivity contribution in [3.05, 3.63) is 0 Å². The van der Waals surface area contributed by atoms with Gasteiger partial charge in [-0.25, -0.2) is 0 Å². The number of esters is 6. The van der Waals surface area contributed by atoms with Gasteiger partial charge in [0.1, 0.15) is 38.5 Å². The zero-order chi connectivity index (χ0) is 61.0. The molecule has 0 aromatic rings. The first-order valence-corrected chi connectivity index (χ1v) is 33.2. The number of likely N-dealkylation sites (N-methyl/N-ethyl adjacent to an activating group) is 2. The molecule has 0 radical (unpaired) electrons. The van der Waals surface area contributed by atoms with Gasteiger partial charge in [0.25, 0.3) is 0 Å². The molecule has 0 aromatic heterocycles. The first-order chi connectivity index (χ1) is 39.3. The lowest BCUT2D eigenvalue weighted by molar-refractivity contribution is -0.870. The molecule has 18 heteroatoms. The summed E-state index contributed by atoms with van der Waals surface area (Å²) >= 11 is 0. The van der Waals surface area contributed by atoms with Gasteiger partial charge in [0, 0.05) is 38.5 Å². The summed E-state index contributed by atoms with van der Waals surface area (Å²) < 4.78 is 34.4. The van der Waals surface area contributed by atoms with Crippen molar-refractivity contribution < 1.29 is 101 Å². The van der Waals surface area contributed by atoms with Crippen LogP contribution in [0.2, 0.25) is 0 Å². The van der Waals surface area contributed by atoms with Crippen LogP contribution in [-0.4, -0.2) is 161 Å². The van der Waals surface area contributed by atoms with Crippen molar-refractivity contribution >= 4 is 35.8 Å². The molecule has 0 spiro atoms. The Morgan fingerprint density at radius 2 is 0.536 bits per heavy atom. The lowest BCUT2D eigenvalue weighted by atomic mass is 9.99. The Hall–Kier alpha value is -2.76. The molecule has 0 rings (SSSR count). The number of unbranched alkanes of at least 4 members (excludes halogenated alkanes) is 25. The van der Waals surface area contributed by atoms with E-state index in [2.05, 4.69) is 13.8 Å². The van der Waals surface area contributed by atoms with Gasteiger partial charge in [-0.3, -0.25) is 28.8 Å². The highest BCUT2D eigenvalue weighted by Gasteiger charge is 2.25. The SMILES string of the molecule is CCCCCC(OC(=O)CCCC(=O)OCC[N+](C)(C)C)C(O)CCCCCCCCCCC(=O)OCCCCCCCCCCOC(=O)CCCCCCCCCCC(O)C(CCCCC)OC(=O)CCCC(=O)OCC[N+](C)(C)C.[Cl-].[Cl-]. The molecule has 16 nitrogen and oxygen atoms in total. The highest BCUT2D eigenvalue weighted by atomic mass is 35.5. The Kier molecular flexibility index (Phi) is 59.0. The average Bonchev–Trinajstić information content (AvgIpc) is 3.42. The third kappa shape index (κ3) is 59.6. The van der Waals surface area contributed by atoms with Gasteiger partial charge in [-0.05, 0) is 77.0 Å². The smallest absolute Gasteiger partial charge is 0.306 e. The largest absolute Gasteiger partial charge is 1.00 e. The minimum atomic E-state index is -0.685. The van der Waals surface area contributed by atoms with E-state index < -0.39 is 24.4 Å². The number of quaternary nitrogens is 2. The second-order valence-corrected chi connectivity index (χ2v) is 25.4. The van der Waals surface area contributed by atoms with Gasteiger partial charge in [0.05, 0.1) is 67.7 Å².